The maximum absolute atomic E-state index is 12.9. The Morgan fingerprint density at radius 2 is 1.97 bits per heavy atom. The fourth-order valence-corrected chi connectivity index (χ4v) is 6.17. The van der Waals surface area contributed by atoms with Crippen LogP contribution in [0, 0.1) is 29.6 Å². The van der Waals surface area contributed by atoms with Gasteiger partial charge in [0.2, 0.25) is 0 Å². The third-order valence-corrected chi connectivity index (χ3v) is 7.70. The third kappa shape index (κ3) is 2.93. The fourth-order valence-electron chi connectivity index (χ4n) is 6.17. The van der Waals surface area contributed by atoms with Gasteiger partial charge in [-0.15, -0.1) is 0 Å². The number of hydrogen-bond donors (Lipinski definition) is 2. The summed E-state index contributed by atoms with van der Waals surface area (Å²) in [6.45, 7) is 7.18. The number of Topliss-reactive ketones (excluding diaryl/α,β-unsaturated/α-hetero) is 1. The number of aliphatic hydroxyl groups excluding tert-OH is 2. The average molecular weight is 421 g/mol. The minimum absolute atomic E-state index is 0.0755. The number of esters is 1. The molecule has 2 aliphatic carbocycles. The minimum atomic E-state index is -0.907. The maximum atomic E-state index is 12.9. The van der Waals surface area contributed by atoms with Gasteiger partial charge in [-0.05, 0) is 25.8 Å². The maximum Gasteiger partial charge on any atom is 0.335 e. The van der Waals surface area contributed by atoms with Crippen LogP contribution in [-0.2, 0) is 23.8 Å². The molecule has 1 spiro atoms. The summed E-state index contributed by atoms with van der Waals surface area (Å²) < 4.78 is 17.7. The summed E-state index contributed by atoms with van der Waals surface area (Å²) >= 11 is 0. The minimum Gasteiger partial charge on any atom is -0.457 e. The number of methoxy groups -OCH3 is 1. The third-order valence-electron chi connectivity index (χ3n) is 7.70. The zero-order valence-corrected chi connectivity index (χ0v) is 18.1. The summed E-state index contributed by atoms with van der Waals surface area (Å²) in [5, 5.41) is 21.4. The van der Waals surface area contributed by atoms with Crippen LogP contribution in [0.4, 0.5) is 0 Å². The molecule has 2 N–H and O–H groups in total. The molecule has 0 aromatic rings. The summed E-state index contributed by atoms with van der Waals surface area (Å²) in [4.78, 5) is 25.7. The molecule has 166 valence electrons. The number of aliphatic hydroxyl groups is 2. The topological polar surface area (TPSA) is 102 Å². The van der Waals surface area contributed by atoms with Gasteiger partial charge in [0.15, 0.2) is 11.9 Å². The van der Waals surface area contributed by atoms with E-state index in [2.05, 4.69) is 0 Å². The smallest absolute Gasteiger partial charge is 0.335 e. The molecule has 0 unspecified atom stereocenters. The highest BCUT2D eigenvalue weighted by Gasteiger charge is 2.68. The van der Waals surface area contributed by atoms with Crippen molar-refractivity contribution >= 4 is 11.8 Å². The van der Waals surface area contributed by atoms with Gasteiger partial charge in [0.05, 0.1) is 12.2 Å². The molecule has 1 saturated heterocycles. The van der Waals surface area contributed by atoms with Gasteiger partial charge in [0, 0.05) is 36.7 Å². The number of rotatable bonds is 2. The van der Waals surface area contributed by atoms with Crippen molar-refractivity contribution in [2.24, 2.45) is 29.6 Å². The van der Waals surface area contributed by atoms with Gasteiger partial charge in [-0.1, -0.05) is 32.1 Å². The number of carbonyl (C=O) groups excluding carboxylic acids is 2. The zero-order chi connectivity index (χ0) is 22.0. The second kappa shape index (κ2) is 7.55. The second-order valence-corrected chi connectivity index (χ2v) is 9.42. The van der Waals surface area contributed by atoms with Crippen molar-refractivity contribution in [1.29, 1.82) is 0 Å². The van der Waals surface area contributed by atoms with Crippen molar-refractivity contribution in [2.45, 2.75) is 70.2 Å². The lowest BCUT2D eigenvalue weighted by Gasteiger charge is -2.48. The normalized spacial score (nSPS) is 50.9. The molecule has 1 saturated carbocycles. The SMILES string of the molecule is CO[C@H]1C[C@H]2C=C[C@@H]3[C@H]4[C@H](O)[C@@H](C)C(=O)[C@@H]3O[C@]42/C(C)=C/[C@@H](C)[C@@H]([C@@H](C)O)OC1=O. The van der Waals surface area contributed by atoms with Crippen LogP contribution in [0.15, 0.2) is 23.8 Å². The van der Waals surface area contributed by atoms with Crippen LogP contribution < -0.4 is 0 Å². The number of ether oxygens (including phenoxy) is 3. The highest BCUT2D eigenvalue weighted by Crippen LogP contribution is 2.59. The lowest BCUT2D eigenvalue weighted by molar-refractivity contribution is -0.172. The molecule has 7 nitrogen and oxygen atoms in total. The number of ketones is 1. The summed E-state index contributed by atoms with van der Waals surface area (Å²) in [5.74, 6) is -2.14. The molecule has 7 heteroatoms. The molecule has 0 aromatic carbocycles. The average Bonchev–Trinajstić information content (AvgIpc) is 2.91. The molecule has 0 amide bonds. The Morgan fingerprint density at radius 3 is 2.60 bits per heavy atom. The molecule has 4 rings (SSSR count). The molecule has 2 fully saturated rings. The Kier molecular flexibility index (Phi) is 5.46. The Labute approximate surface area is 177 Å². The van der Waals surface area contributed by atoms with Crippen LogP contribution in [0.5, 0.6) is 0 Å². The van der Waals surface area contributed by atoms with Crippen molar-refractivity contribution < 1.29 is 34.0 Å². The van der Waals surface area contributed by atoms with Crippen LogP contribution >= 0.6 is 0 Å². The van der Waals surface area contributed by atoms with Crippen molar-refractivity contribution in [3.8, 4) is 0 Å². The first-order chi connectivity index (χ1) is 14.1. The van der Waals surface area contributed by atoms with Gasteiger partial charge >= 0.3 is 5.97 Å². The molecular weight excluding hydrogens is 388 g/mol. The Morgan fingerprint density at radius 1 is 1.27 bits per heavy atom. The zero-order valence-electron chi connectivity index (χ0n) is 18.1. The summed E-state index contributed by atoms with van der Waals surface area (Å²) in [6.07, 6.45) is 2.35. The van der Waals surface area contributed by atoms with Gasteiger partial charge in [-0.3, -0.25) is 4.79 Å². The Balaban J connectivity index is 1.87. The van der Waals surface area contributed by atoms with Crippen LogP contribution in [0.2, 0.25) is 0 Å². The standard InChI is InChI=1S/C23H32O7/c1-10-8-11(2)23-14(9-16(28-5)22(27)29-20(10)13(4)24)6-7-15-17(23)18(25)12(3)19(26)21(15)30-23/h6-8,10,12-18,20-21,24-25H,9H2,1-5H3/b11-8+/t10-,12-,13-,14-,15-,16+,17+,18-,20+,21-,23+/m1/s1. The number of hydrogen-bond acceptors (Lipinski definition) is 7. The fraction of sp³-hybridized carbons (Fsp3) is 0.739. The van der Waals surface area contributed by atoms with E-state index >= 15 is 0 Å². The lowest BCUT2D eigenvalue weighted by Crippen LogP contribution is -2.56. The van der Waals surface area contributed by atoms with Gasteiger partial charge in [0.1, 0.15) is 17.8 Å². The van der Waals surface area contributed by atoms with E-state index in [-0.39, 0.29) is 29.5 Å². The van der Waals surface area contributed by atoms with Gasteiger partial charge in [-0.25, -0.2) is 4.79 Å². The molecule has 0 radical (unpaired) electrons. The first-order valence-corrected chi connectivity index (χ1v) is 10.8. The van der Waals surface area contributed by atoms with Gasteiger partial charge in [-0.2, -0.15) is 0 Å². The monoisotopic (exact) mass is 420 g/mol. The number of carbonyl (C=O) groups is 2. The largest absolute Gasteiger partial charge is 0.457 e. The van der Waals surface area contributed by atoms with Crippen molar-refractivity contribution in [3.63, 3.8) is 0 Å². The molecule has 11 atom stereocenters. The van der Waals surface area contributed by atoms with Crippen LogP contribution in [0.3, 0.4) is 0 Å². The predicted octanol–water partition coefficient (Wildman–Crippen LogP) is 1.42. The quantitative estimate of drug-likeness (QED) is 0.514. The summed E-state index contributed by atoms with van der Waals surface area (Å²) in [7, 11) is 1.46. The lowest BCUT2D eigenvalue weighted by atomic mass is 9.57. The van der Waals surface area contributed by atoms with Crippen molar-refractivity contribution in [2.75, 3.05) is 7.11 Å². The van der Waals surface area contributed by atoms with Crippen LogP contribution in [0.25, 0.3) is 0 Å². The van der Waals surface area contributed by atoms with E-state index in [1.807, 2.05) is 32.1 Å². The van der Waals surface area contributed by atoms with E-state index in [0.29, 0.717) is 6.42 Å². The molecule has 2 heterocycles. The van der Waals surface area contributed by atoms with E-state index in [9.17, 15) is 19.8 Å². The molecular formula is C23H32O7. The molecule has 30 heavy (non-hydrogen) atoms. The van der Waals surface area contributed by atoms with E-state index in [1.165, 1.54) is 7.11 Å². The van der Waals surface area contributed by atoms with Crippen LogP contribution in [-0.4, -0.2) is 65.2 Å². The van der Waals surface area contributed by atoms with E-state index in [0.717, 1.165) is 5.57 Å². The van der Waals surface area contributed by atoms with E-state index in [4.69, 9.17) is 14.2 Å². The van der Waals surface area contributed by atoms with Crippen molar-refractivity contribution in [3.05, 3.63) is 23.8 Å². The van der Waals surface area contributed by atoms with Gasteiger partial charge in [0.25, 0.3) is 0 Å². The predicted molar refractivity (Wildman–Crippen MR) is 107 cm³/mol. The van der Waals surface area contributed by atoms with Crippen LogP contribution in [0.1, 0.15) is 34.1 Å². The van der Waals surface area contributed by atoms with E-state index < -0.39 is 48.0 Å². The molecule has 2 aliphatic heterocycles. The molecule has 0 aromatic heterocycles. The van der Waals surface area contributed by atoms with Gasteiger partial charge < -0.3 is 24.4 Å². The first kappa shape index (κ1) is 21.7. The Hall–Kier alpha value is -1.54. The highest BCUT2D eigenvalue weighted by atomic mass is 16.6. The molecule has 4 aliphatic rings. The van der Waals surface area contributed by atoms with Crippen molar-refractivity contribution in [1.82, 2.24) is 0 Å². The second-order valence-electron chi connectivity index (χ2n) is 9.42. The number of cyclic esters (lactones) is 1. The summed E-state index contributed by atoms with van der Waals surface area (Å²) in [5.41, 5.74) is -0.0169. The first-order valence-electron chi connectivity index (χ1n) is 10.8. The summed E-state index contributed by atoms with van der Waals surface area (Å²) in [6, 6.07) is 0. The van der Waals surface area contributed by atoms with E-state index in [1.54, 1.807) is 13.8 Å². The molecule has 4 bridgehead atoms. The Bertz CT molecular complexity index is 786. The highest BCUT2D eigenvalue weighted by molar-refractivity contribution is 5.88.